The summed E-state index contributed by atoms with van der Waals surface area (Å²) in [6.07, 6.45) is 0. The van der Waals surface area contributed by atoms with E-state index < -0.39 is 5.97 Å². The van der Waals surface area contributed by atoms with Crippen LogP contribution in [0.5, 0.6) is 0 Å². The zero-order chi connectivity index (χ0) is 15.1. The number of carboxylic acids is 1. The van der Waals surface area contributed by atoms with E-state index in [-0.39, 0.29) is 18.5 Å². The van der Waals surface area contributed by atoms with Gasteiger partial charge in [-0.15, -0.1) is 0 Å². The molecule has 0 aromatic heterocycles. The van der Waals surface area contributed by atoms with Crippen LogP contribution in [-0.2, 0) is 4.79 Å². The van der Waals surface area contributed by atoms with E-state index in [9.17, 15) is 9.59 Å². The van der Waals surface area contributed by atoms with E-state index in [4.69, 9.17) is 5.11 Å². The Morgan fingerprint density at radius 2 is 1.80 bits per heavy atom. The van der Waals surface area contributed by atoms with Crippen LogP contribution in [0, 0.1) is 5.92 Å². The lowest BCUT2D eigenvalue weighted by Crippen LogP contribution is -2.47. The SMILES string of the molecule is CCN(C(=O)N(CC(=O)O)CC(C)C)c1ccccc1. The summed E-state index contributed by atoms with van der Waals surface area (Å²) in [7, 11) is 0. The van der Waals surface area contributed by atoms with E-state index in [1.807, 2.05) is 51.1 Å². The van der Waals surface area contributed by atoms with E-state index in [2.05, 4.69) is 0 Å². The number of carbonyl (C=O) groups excluding carboxylic acids is 1. The lowest BCUT2D eigenvalue weighted by atomic mass is 10.2. The van der Waals surface area contributed by atoms with Gasteiger partial charge in [0.05, 0.1) is 0 Å². The van der Waals surface area contributed by atoms with Crippen LogP contribution in [-0.4, -0.2) is 41.6 Å². The molecule has 0 saturated carbocycles. The van der Waals surface area contributed by atoms with Gasteiger partial charge in [-0.05, 0) is 25.0 Å². The van der Waals surface area contributed by atoms with Crippen LogP contribution < -0.4 is 4.90 Å². The van der Waals surface area contributed by atoms with Crippen molar-refractivity contribution in [2.75, 3.05) is 24.5 Å². The second kappa shape index (κ2) is 7.53. The van der Waals surface area contributed by atoms with E-state index in [0.717, 1.165) is 5.69 Å². The minimum absolute atomic E-state index is 0.216. The van der Waals surface area contributed by atoms with Crippen molar-refractivity contribution in [3.8, 4) is 0 Å². The monoisotopic (exact) mass is 278 g/mol. The van der Waals surface area contributed by atoms with Crippen molar-refractivity contribution >= 4 is 17.7 Å². The summed E-state index contributed by atoms with van der Waals surface area (Å²) in [4.78, 5) is 26.4. The number of para-hydroxylation sites is 1. The van der Waals surface area contributed by atoms with Gasteiger partial charge < -0.3 is 10.0 Å². The number of urea groups is 1. The highest BCUT2D eigenvalue weighted by molar-refractivity contribution is 5.93. The van der Waals surface area contributed by atoms with Crippen LogP contribution in [0.1, 0.15) is 20.8 Å². The molecule has 0 spiro atoms. The molecular formula is C15H22N2O3. The number of hydrogen-bond acceptors (Lipinski definition) is 2. The van der Waals surface area contributed by atoms with E-state index in [0.29, 0.717) is 13.1 Å². The third kappa shape index (κ3) is 4.57. The number of amides is 2. The molecule has 0 unspecified atom stereocenters. The van der Waals surface area contributed by atoms with Gasteiger partial charge in [-0.2, -0.15) is 0 Å². The van der Waals surface area contributed by atoms with Gasteiger partial charge in [0.2, 0.25) is 0 Å². The van der Waals surface area contributed by atoms with Gasteiger partial charge in [0.15, 0.2) is 0 Å². The molecule has 0 aliphatic carbocycles. The highest BCUT2D eigenvalue weighted by Gasteiger charge is 2.23. The first kappa shape index (κ1) is 16.0. The molecule has 1 aromatic rings. The van der Waals surface area contributed by atoms with Gasteiger partial charge in [-0.25, -0.2) is 4.79 Å². The van der Waals surface area contributed by atoms with Gasteiger partial charge in [-0.3, -0.25) is 9.69 Å². The Balaban J connectivity index is 2.93. The maximum atomic E-state index is 12.5. The van der Waals surface area contributed by atoms with Crippen LogP contribution in [0.3, 0.4) is 0 Å². The minimum atomic E-state index is -0.997. The molecule has 5 nitrogen and oxygen atoms in total. The van der Waals surface area contributed by atoms with Crippen LogP contribution >= 0.6 is 0 Å². The van der Waals surface area contributed by atoms with Crippen molar-refractivity contribution in [3.05, 3.63) is 30.3 Å². The molecule has 0 radical (unpaired) electrons. The van der Waals surface area contributed by atoms with Crippen LogP contribution in [0.15, 0.2) is 30.3 Å². The highest BCUT2D eigenvalue weighted by atomic mass is 16.4. The second-order valence-corrected chi connectivity index (χ2v) is 5.03. The average Bonchev–Trinajstić information content (AvgIpc) is 2.39. The smallest absolute Gasteiger partial charge is 0.325 e. The predicted octanol–water partition coefficient (Wildman–Crippen LogP) is 2.68. The fourth-order valence-electron chi connectivity index (χ4n) is 2.02. The van der Waals surface area contributed by atoms with Crippen molar-refractivity contribution in [1.82, 2.24) is 4.90 Å². The van der Waals surface area contributed by atoms with Crippen LogP contribution in [0.25, 0.3) is 0 Å². The Kier molecular flexibility index (Phi) is 6.03. The number of benzene rings is 1. The van der Waals surface area contributed by atoms with Gasteiger partial charge >= 0.3 is 12.0 Å². The lowest BCUT2D eigenvalue weighted by molar-refractivity contribution is -0.137. The summed E-state index contributed by atoms with van der Waals surface area (Å²) < 4.78 is 0. The summed E-state index contributed by atoms with van der Waals surface area (Å²) in [5.74, 6) is -0.782. The summed E-state index contributed by atoms with van der Waals surface area (Å²) in [6, 6.07) is 9.01. The maximum absolute atomic E-state index is 12.5. The third-order valence-corrected chi connectivity index (χ3v) is 2.80. The number of carbonyl (C=O) groups is 2. The molecule has 0 heterocycles. The fraction of sp³-hybridized carbons (Fsp3) is 0.467. The Morgan fingerprint density at radius 1 is 1.20 bits per heavy atom. The fourth-order valence-corrected chi connectivity index (χ4v) is 2.02. The molecule has 0 saturated heterocycles. The molecule has 0 fully saturated rings. The van der Waals surface area contributed by atoms with Crippen molar-refractivity contribution in [2.24, 2.45) is 5.92 Å². The Bertz CT molecular complexity index is 446. The Labute approximate surface area is 119 Å². The van der Waals surface area contributed by atoms with Crippen molar-refractivity contribution in [2.45, 2.75) is 20.8 Å². The molecule has 0 aliphatic heterocycles. The average molecular weight is 278 g/mol. The normalized spacial score (nSPS) is 10.4. The van der Waals surface area contributed by atoms with Crippen LogP contribution in [0.4, 0.5) is 10.5 Å². The summed E-state index contributed by atoms with van der Waals surface area (Å²) in [5.41, 5.74) is 0.777. The maximum Gasteiger partial charge on any atom is 0.325 e. The number of anilines is 1. The molecule has 0 atom stereocenters. The molecule has 0 bridgehead atoms. The van der Waals surface area contributed by atoms with Crippen LogP contribution in [0.2, 0.25) is 0 Å². The van der Waals surface area contributed by atoms with E-state index >= 15 is 0 Å². The Morgan fingerprint density at radius 3 is 2.25 bits per heavy atom. The largest absolute Gasteiger partial charge is 0.480 e. The molecule has 5 heteroatoms. The summed E-state index contributed by atoms with van der Waals surface area (Å²) in [6.45, 7) is 6.44. The van der Waals surface area contributed by atoms with Crippen molar-refractivity contribution in [3.63, 3.8) is 0 Å². The molecule has 1 aromatic carbocycles. The first-order valence-corrected chi connectivity index (χ1v) is 6.79. The summed E-state index contributed by atoms with van der Waals surface area (Å²) in [5, 5.41) is 8.96. The number of rotatable bonds is 6. The molecule has 2 amide bonds. The zero-order valence-electron chi connectivity index (χ0n) is 12.2. The van der Waals surface area contributed by atoms with Gasteiger partial charge in [0, 0.05) is 18.8 Å². The highest BCUT2D eigenvalue weighted by Crippen LogP contribution is 2.15. The number of carboxylic acid groups (broad SMARTS) is 1. The van der Waals surface area contributed by atoms with Crippen molar-refractivity contribution in [1.29, 1.82) is 0 Å². The first-order valence-electron chi connectivity index (χ1n) is 6.79. The van der Waals surface area contributed by atoms with Gasteiger partial charge in [-0.1, -0.05) is 32.0 Å². The van der Waals surface area contributed by atoms with Gasteiger partial charge in [0.1, 0.15) is 6.54 Å². The molecule has 1 N–H and O–H groups in total. The predicted molar refractivity (Wildman–Crippen MR) is 78.9 cm³/mol. The zero-order valence-corrected chi connectivity index (χ0v) is 12.2. The Hall–Kier alpha value is -2.04. The third-order valence-electron chi connectivity index (χ3n) is 2.80. The standard InChI is InChI=1S/C15H22N2O3/c1-4-17(13-8-6-5-7-9-13)15(20)16(10-12(2)3)11-14(18)19/h5-9,12H,4,10-11H2,1-3H3,(H,18,19). The first-order chi connectivity index (χ1) is 9.45. The minimum Gasteiger partial charge on any atom is -0.480 e. The van der Waals surface area contributed by atoms with Crippen molar-refractivity contribution < 1.29 is 14.7 Å². The number of hydrogen-bond donors (Lipinski definition) is 1. The quantitative estimate of drug-likeness (QED) is 0.870. The molecular weight excluding hydrogens is 256 g/mol. The molecule has 0 aliphatic rings. The molecule has 1 rings (SSSR count). The number of aliphatic carboxylic acids is 1. The second-order valence-electron chi connectivity index (χ2n) is 5.03. The number of nitrogens with zero attached hydrogens (tertiary/aromatic N) is 2. The topological polar surface area (TPSA) is 60.9 Å². The molecule has 110 valence electrons. The van der Waals surface area contributed by atoms with E-state index in [1.54, 1.807) is 4.90 Å². The van der Waals surface area contributed by atoms with E-state index in [1.165, 1.54) is 4.90 Å². The molecule has 20 heavy (non-hydrogen) atoms. The lowest BCUT2D eigenvalue weighted by Gasteiger charge is -2.30. The van der Waals surface area contributed by atoms with Gasteiger partial charge in [0.25, 0.3) is 0 Å². The summed E-state index contributed by atoms with van der Waals surface area (Å²) >= 11 is 0.